The van der Waals surface area contributed by atoms with Crippen molar-refractivity contribution in [3.63, 3.8) is 0 Å². The lowest BCUT2D eigenvalue weighted by Crippen LogP contribution is -2.35. The Labute approximate surface area is 183 Å². The van der Waals surface area contributed by atoms with E-state index in [-0.39, 0.29) is 12.2 Å². The van der Waals surface area contributed by atoms with E-state index in [1.165, 1.54) is 35.4 Å². The van der Waals surface area contributed by atoms with Crippen LogP contribution >= 0.6 is 0 Å². The van der Waals surface area contributed by atoms with E-state index in [0.717, 1.165) is 0 Å². The zero-order valence-electron chi connectivity index (χ0n) is 16.7. The lowest BCUT2D eigenvalue weighted by atomic mass is 10.1. The Hall–Kier alpha value is -4.46. The maximum Gasteiger partial charge on any atom is 0.282 e. The number of hydrogen-bond donors (Lipinski definition) is 2. The van der Waals surface area contributed by atoms with Crippen LogP contribution in [-0.4, -0.2) is 24.3 Å². The first-order valence-electron chi connectivity index (χ1n) is 9.70. The van der Waals surface area contributed by atoms with Gasteiger partial charge >= 0.3 is 0 Å². The van der Waals surface area contributed by atoms with Crippen molar-refractivity contribution in [1.82, 2.24) is 5.43 Å². The predicted molar refractivity (Wildman–Crippen MR) is 117 cm³/mol. The van der Waals surface area contributed by atoms with Gasteiger partial charge in [0.25, 0.3) is 17.7 Å². The molecule has 2 N–H and O–H groups in total. The number of hydrogen-bond acceptors (Lipinski definition) is 4. The lowest BCUT2D eigenvalue weighted by molar-refractivity contribution is -0.118. The molecule has 160 valence electrons. The summed E-state index contributed by atoms with van der Waals surface area (Å²) in [5.41, 5.74) is 4.10. The molecular formula is C24H18FN3O4. The van der Waals surface area contributed by atoms with Crippen LogP contribution < -0.4 is 20.5 Å². The summed E-state index contributed by atoms with van der Waals surface area (Å²) >= 11 is 0. The van der Waals surface area contributed by atoms with Gasteiger partial charge in [-0.3, -0.25) is 19.8 Å². The quantitative estimate of drug-likeness (QED) is 0.463. The second-order valence-corrected chi connectivity index (χ2v) is 6.89. The average Bonchev–Trinajstić information content (AvgIpc) is 3.08. The fraction of sp³-hybridized carbons (Fsp3) is 0.0417. The van der Waals surface area contributed by atoms with E-state index in [9.17, 15) is 18.8 Å². The van der Waals surface area contributed by atoms with Crippen LogP contribution in [0.25, 0.3) is 6.08 Å². The van der Waals surface area contributed by atoms with Crippen molar-refractivity contribution in [2.75, 3.05) is 16.9 Å². The highest BCUT2D eigenvalue weighted by atomic mass is 19.1. The van der Waals surface area contributed by atoms with Gasteiger partial charge < -0.3 is 10.1 Å². The van der Waals surface area contributed by atoms with Crippen molar-refractivity contribution in [1.29, 1.82) is 0 Å². The van der Waals surface area contributed by atoms with E-state index in [1.54, 1.807) is 48.5 Å². The number of amides is 3. The van der Waals surface area contributed by atoms with Crippen LogP contribution in [0, 0.1) is 5.82 Å². The standard InChI is InChI=1S/C24H18FN3O4/c25-17-9-11-18(12-10-17)26-22(29)15-32-20-8-4-5-16(13-20)14-21-23(30)27-28(24(21)31)19-6-2-1-3-7-19/h1-14H,15H2,(H,26,29)(H,27,30)/b21-14-. The van der Waals surface area contributed by atoms with Crippen molar-refractivity contribution in [3.8, 4) is 5.75 Å². The molecule has 1 saturated heterocycles. The number of rotatable bonds is 6. The zero-order chi connectivity index (χ0) is 22.5. The van der Waals surface area contributed by atoms with E-state index in [2.05, 4.69) is 10.7 Å². The molecular weight excluding hydrogens is 413 g/mol. The van der Waals surface area contributed by atoms with Crippen molar-refractivity contribution >= 4 is 35.2 Å². The first-order valence-corrected chi connectivity index (χ1v) is 9.70. The summed E-state index contributed by atoms with van der Waals surface area (Å²) in [5.74, 6) is -1.40. The van der Waals surface area contributed by atoms with Gasteiger partial charge in [-0.2, -0.15) is 0 Å². The smallest absolute Gasteiger partial charge is 0.282 e. The van der Waals surface area contributed by atoms with Crippen LogP contribution in [0.4, 0.5) is 15.8 Å². The molecule has 0 aromatic heterocycles. The van der Waals surface area contributed by atoms with Crippen molar-refractivity contribution in [3.05, 3.63) is 95.8 Å². The molecule has 3 aromatic carbocycles. The molecule has 0 saturated carbocycles. The van der Waals surface area contributed by atoms with Crippen molar-refractivity contribution in [2.45, 2.75) is 0 Å². The van der Waals surface area contributed by atoms with Crippen LogP contribution in [0.15, 0.2) is 84.4 Å². The van der Waals surface area contributed by atoms with E-state index < -0.39 is 23.5 Å². The number of carbonyl (C=O) groups excluding carboxylic acids is 3. The third-order valence-electron chi connectivity index (χ3n) is 4.57. The Kier molecular flexibility index (Phi) is 5.94. The summed E-state index contributed by atoms with van der Waals surface area (Å²) in [7, 11) is 0. The molecule has 1 aliphatic heterocycles. The summed E-state index contributed by atoms with van der Waals surface area (Å²) in [6.07, 6.45) is 1.46. The average molecular weight is 431 g/mol. The van der Waals surface area contributed by atoms with Gasteiger partial charge in [0.1, 0.15) is 17.1 Å². The number of hydrazine groups is 1. The molecule has 4 rings (SSSR count). The summed E-state index contributed by atoms with van der Waals surface area (Å²) in [6.45, 7) is -0.265. The second kappa shape index (κ2) is 9.13. The minimum absolute atomic E-state index is 0.0138. The van der Waals surface area contributed by atoms with Gasteiger partial charge in [-0.05, 0) is 60.2 Å². The number of para-hydroxylation sites is 1. The number of anilines is 2. The number of benzene rings is 3. The van der Waals surface area contributed by atoms with Crippen LogP contribution in [0.5, 0.6) is 5.75 Å². The molecule has 0 aliphatic carbocycles. The van der Waals surface area contributed by atoms with Gasteiger partial charge in [-0.15, -0.1) is 0 Å². The third kappa shape index (κ3) is 4.81. The molecule has 0 atom stereocenters. The summed E-state index contributed by atoms with van der Waals surface area (Å²) in [5, 5.41) is 3.79. The lowest BCUT2D eigenvalue weighted by Gasteiger charge is -2.13. The van der Waals surface area contributed by atoms with Crippen molar-refractivity contribution in [2.24, 2.45) is 0 Å². The highest BCUT2D eigenvalue weighted by Gasteiger charge is 2.34. The van der Waals surface area contributed by atoms with Gasteiger partial charge in [0, 0.05) is 5.69 Å². The van der Waals surface area contributed by atoms with Gasteiger partial charge in [0.05, 0.1) is 5.69 Å². The highest BCUT2D eigenvalue weighted by molar-refractivity contribution is 6.31. The van der Waals surface area contributed by atoms with Crippen LogP contribution in [0.2, 0.25) is 0 Å². The summed E-state index contributed by atoms with van der Waals surface area (Å²) in [6, 6.07) is 20.8. The Balaban J connectivity index is 1.42. The van der Waals surface area contributed by atoms with E-state index >= 15 is 0 Å². The molecule has 3 amide bonds. The molecule has 0 radical (unpaired) electrons. The molecule has 1 heterocycles. The van der Waals surface area contributed by atoms with E-state index in [0.29, 0.717) is 22.7 Å². The fourth-order valence-corrected chi connectivity index (χ4v) is 3.06. The summed E-state index contributed by atoms with van der Waals surface area (Å²) in [4.78, 5) is 37.0. The maximum absolute atomic E-state index is 12.9. The van der Waals surface area contributed by atoms with Gasteiger partial charge in [-0.25, -0.2) is 9.40 Å². The van der Waals surface area contributed by atoms with Crippen LogP contribution in [0.1, 0.15) is 5.56 Å². The molecule has 0 unspecified atom stereocenters. The Morgan fingerprint density at radius 3 is 2.50 bits per heavy atom. The third-order valence-corrected chi connectivity index (χ3v) is 4.57. The van der Waals surface area contributed by atoms with Crippen LogP contribution in [-0.2, 0) is 14.4 Å². The minimum Gasteiger partial charge on any atom is -0.484 e. The number of nitrogens with one attached hydrogen (secondary N) is 2. The molecule has 1 aliphatic rings. The topological polar surface area (TPSA) is 87.7 Å². The Morgan fingerprint density at radius 1 is 1.00 bits per heavy atom. The summed E-state index contributed by atoms with van der Waals surface area (Å²) < 4.78 is 18.4. The largest absolute Gasteiger partial charge is 0.484 e. The SMILES string of the molecule is O=C(COc1cccc(/C=C2/C(=O)NN(c3ccccc3)C2=O)c1)Nc1ccc(F)cc1. The van der Waals surface area contributed by atoms with E-state index in [4.69, 9.17) is 4.74 Å². The zero-order valence-corrected chi connectivity index (χ0v) is 16.7. The number of ether oxygens (including phenoxy) is 1. The predicted octanol–water partition coefficient (Wildman–Crippen LogP) is 3.30. The molecule has 1 fully saturated rings. The molecule has 7 nitrogen and oxygen atoms in total. The first-order chi connectivity index (χ1) is 15.5. The second-order valence-electron chi connectivity index (χ2n) is 6.89. The van der Waals surface area contributed by atoms with E-state index in [1.807, 2.05) is 6.07 Å². The Morgan fingerprint density at radius 2 is 1.75 bits per heavy atom. The van der Waals surface area contributed by atoms with Crippen molar-refractivity contribution < 1.29 is 23.5 Å². The highest BCUT2D eigenvalue weighted by Crippen LogP contribution is 2.22. The molecule has 3 aromatic rings. The first kappa shape index (κ1) is 20.8. The van der Waals surface area contributed by atoms with Gasteiger partial charge in [0.15, 0.2) is 6.61 Å². The number of halogens is 1. The minimum atomic E-state index is -0.510. The molecule has 8 heteroatoms. The van der Waals surface area contributed by atoms with Gasteiger partial charge in [0.2, 0.25) is 0 Å². The van der Waals surface area contributed by atoms with Gasteiger partial charge in [-0.1, -0.05) is 30.3 Å². The number of carbonyl (C=O) groups is 3. The molecule has 0 spiro atoms. The normalized spacial score (nSPS) is 14.4. The maximum atomic E-state index is 12.9. The monoisotopic (exact) mass is 431 g/mol. The molecule has 32 heavy (non-hydrogen) atoms. The molecule has 0 bridgehead atoms. The fourth-order valence-electron chi connectivity index (χ4n) is 3.06. The number of nitrogens with zero attached hydrogens (tertiary/aromatic N) is 1. The van der Waals surface area contributed by atoms with Crippen LogP contribution in [0.3, 0.4) is 0 Å². The Bertz CT molecular complexity index is 1190.